The molecule has 4 aromatic rings. The number of nitrogens with zero attached hydrogens (tertiary/aromatic N) is 1. The summed E-state index contributed by atoms with van der Waals surface area (Å²) < 4.78 is 5.71. The monoisotopic (exact) mass is 495 g/mol. The van der Waals surface area contributed by atoms with Gasteiger partial charge in [-0.3, -0.25) is 9.59 Å². The first-order valence-electron chi connectivity index (χ1n) is 10.3. The van der Waals surface area contributed by atoms with Crippen LogP contribution in [0.25, 0.3) is 10.2 Å². The standard InChI is InChI=1S/C24H21N3O5S2/c1-33-18-4-2-3-15(9-18)10-25-22(29)20-26-21(28)19-17(13-34-23(19)27-20)12-32-11-14-5-7-16(8-6-14)24(30)31/h2-9,13H,10-12H2,1H3,(H,25,29)(H,30,31)(H,26,27,28). The van der Waals surface area contributed by atoms with Crippen molar-refractivity contribution in [3.8, 4) is 0 Å². The molecule has 0 radical (unpaired) electrons. The Labute approximate surface area is 203 Å². The van der Waals surface area contributed by atoms with Gasteiger partial charge in [0.15, 0.2) is 0 Å². The van der Waals surface area contributed by atoms with Crippen molar-refractivity contribution in [3.05, 3.63) is 92.3 Å². The number of carbonyl (C=O) groups excluding carboxylic acids is 1. The first kappa shape index (κ1) is 23.7. The van der Waals surface area contributed by atoms with Crippen LogP contribution in [0.2, 0.25) is 0 Å². The van der Waals surface area contributed by atoms with Gasteiger partial charge in [0.2, 0.25) is 5.82 Å². The normalized spacial score (nSPS) is 11.0. The highest BCUT2D eigenvalue weighted by Gasteiger charge is 2.15. The zero-order chi connectivity index (χ0) is 24.1. The minimum Gasteiger partial charge on any atom is -0.478 e. The molecule has 0 bridgehead atoms. The fourth-order valence-electron chi connectivity index (χ4n) is 3.29. The van der Waals surface area contributed by atoms with Gasteiger partial charge in [-0.2, -0.15) is 0 Å². The second-order valence-corrected chi connectivity index (χ2v) is 9.12. The number of nitrogens with one attached hydrogen (secondary N) is 2. The number of carboxylic acid groups (broad SMARTS) is 1. The van der Waals surface area contributed by atoms with Crippen LogP contribution >= 0.6 is 23.1 Å². The number of amides is 1. The summed E-state index contributed by atoms with van der Waals surface area (Å²) >= 11 is 2.89. The quantitative estimate of drug-likeness (QED) is 0.300. The van der Waals surface area contributed by atoms with Gasteiger partial charge in [0.05, 0.1) is 24.2 Å². The maximum Gasteiger partial charge on any atom is 0.335 e. The maximum atomic E-state index is 12.7. The molecule has 2 aromatic heterocycles. The van der Waals surface area contributed by atoms with Crippen LogP contribution in [0.3, 0.4) is 0 Å². The predicted molar refractivity (Wildman–Crippen MR) is 132 cm³/mol. The van der Waals surface area contributed by atoms with E-state index in [-0.39, 0.29) is 24.6 Å². The molecule has 4 rings (SSSR count). The lowest BCUT2D eigenvalue weighted by Gasteiger charge is -2.07. The fourth-order valence-corrected chi connectivity index (χ4v) is 4.70. The van der Waals surface area contributed by atoms with Gasteiger partial charge < -0.3 is 20.1 Å². The highest BCUT2D eigenvalue weighted by atomic mass is 32.2. The average Bonchev–Trinajstić information content (AvgIpc) is 3.26. The number of thioether (sulfide) groups is 1. The molecular weight excluding hydrogens is 474 g/mol. The molecule has 0 unspecified atom stereocenters. The van der Waals surface area contributed by atoms with Crippen LogP contribution in [0.15, 0.2) is 63.6 Å². The summed E-state index contributed by atoms with van der Waals surface area (Å²) in [6.45, 7) is 0.773. The summed E-state index contributed by atoms with van der Waals surface area (Å²) in [6, 6.07) is 14.2. The third kappa shape index (κ3) is 5.53. The zero-order valence-corrected chi connectivity index (χ0v) is 19.8. The van der Waals surface area contributed by atoms with Crippen LogP contribution in [-0.2, 0) is 24.5 Å². The van der Waals surface area contributed by atoms with E-state index in [4.69, 9.17) is 9.84 Å². The van der Waals surface area contributed by atoms with Gasteiger partial charge in [-0.25, -0.2) is 9.78 Å². The molecule has 3 N–H and O–H groups in total. The van der Waals surface area contributed by atoms with Crippen molar-refractivity contribution >= 4 is 45.2 Å². The molecule has 0 aliphatic rings. The first-order valence-corrected chi connectivity index (χ1v) is 12.4. The molecule has 0 aliphatic carbocycles. The lowest BCUT2D eigenvalue weighted by molar-refractivity contribution is 0.0696. The molecule has 2 heterocycles. The minimum atomic E-state index is -0.984. The van der Waals surface area contributed by atoms with Crippen LogP contribution < -0.4 is 10.9 Å². The highest BCUT2D eigenvalue weighted by molar-refractivity contribution is 7.98. The summed E-state index contributed by atoms with van der Waals surface area (Å²) in [7, 11) is 0. The Morgan fingerprint density at radius 1 is 1.15 bits per heavy atom. The number of aromatic carboxylic acids is 1. The fraction of sp³-hybridized carbons (Fsp3) is 0.167. The lowest BCUT2D eigenvalue weighted by atomic mass is 10.1. The largest absolute Gasteiger partial charge is 0.478 e. The van der Waals surface area contributed by atoms with Crippen LogP contribution in [0, 0.1) is 0 Å². The zero-order valence-electron chi connectivity index (χ0n) is 18.2. The van der Waals surface area contributed by atoms with E-state index in [2.05, 4.69) is 15.3 Å². The Bertz CT molecular complexity index is 1400. The summed E-state index contributed by atoms with van der Waals surface area (Å²) in [4.78, 5) is 44.7. The van der Waals surface area contributed by atoms with Crippen LogP contribution in [0.5, 0.6) is 0 Å². The van der Waals surface area contributed by atoms with Crippen LogP contribution in [0.4, 0.5) is 0 Å². The average molecular weight is 496 g/mol. The van der Waals surface area contributed by atoms with Gasteiger partial charge in [-0.05, 0) is 47.0 Å². The number of hydrogen-bond donors (Lipinski definition) is 3. The summed E-state index contributed by atoms with van der Waals surface area (Å²) in [5, 5.41) is 13.9. The summed E-state index contributed by atoms with van der Waals surface area (Å²) in [6.07, 6.45) is 1.99. The number of carbonyl (C=O) groups is 2. The van der Waals surface area contributed by atoms with Crippen molar-refractivity contribution in [2.24, 2.45) is 0 Å². The molecule has 34 heavy (non-hydrogen) atoms. The second kappa shape index (κ2) is 10.6. The number of fused-ring (bicyclic) bond motifs is 1. The van der Waals surface area contributed by atoms with E-state index >= 15 is 0 Å². The molecule has 10 heteroatoms. The summed E-state index contributed by atoms with van der Waals surface area (Å²) in [5.74, 6) is -1.47. The van der Waals surface area contributed by atoms with Crippen LogP contribution in [-0.4, -0.2) is 33.2 Å². The van der Waals surface area contributed by atoms with E-state index in [9.17, 15) is 14.4 Å². The SMILES string of the molecule is CSc1cccc(CNC(=O)c2nc3scc(COCc4ccc(C(=O)O)cc4)c3c(=O)[nH]2)c1. The lowest BCUT2D eigenvalue weighted by Crippen LogP contribution is -2.27. The van der Waals surface area contributed by atoms with Gasteiger partial charge >= 0.3 is 5.97 Å². The van der Waals surface area contributed by atoms with Crippen molar-refractivity contribution in [2.75, 3.05) is 6.26 Å². The molecule has 8 nitrogen and oxygen atoms in total. The number of benzene rings is 2. The van der Waals surface area contributed by atoms with Gasteiger partial charge in [0.1, 0.15) is 4.83 Å². The molecule has 1 amide bonds. The highest BCUT2D eigenvalue weighted by Crippen LogP contribution is 2.22. The first-order chi connectivity index (χ1) is 16.4. The number of aromatic nitrogens is 2. The molecule has 0 atom stereocenters. The van der Waals surface area contributed by atoms with Crippen molar-refractivity contribution in [1.29, 1.82) is 0 Å². The van der Waals surface area contributed by atoms with Crippen molar-refractivity contribution < 1.29 is 19.4 Å². The molecule has 174 valence electrons. The van der Waals surface area contributed by atoms with Gasteiger partial charge in [0, 0.05) is 17.0 Å². The Hall–Kier alpha value is -3.47. The number of rotatable bonds is 9. The molecular formula is C24H21N3O5S2. The van der Waals surface area contributed by atoms with E-state index < -0.39 is 17.4 Å². The molecule has 0 saturated heterocycles. The Morgan fingerprint density at radius 3 is 2.68 bits per heavy atom. The number of hydrogen-bond acceptors (Lipinski definition) is 7. The minimum absolute atomic E-state index is 0.0358. The van der Waals surface area contributed by atoms with Gasteiger partial charge in [0.25, 0.3) is 11.5 Å². The third-order valence-electron chi connectivity index (χ3n) is 5.05. The van der Waals surface area contributed by atoms with Gasteiger partial charge in [-0.15, -0.1) is 23.1 Å². The number of thiophene rings is 1. The number of ether oxygens (including phenoxy) is 1. The molecule has 0 saturated carbocycles. The number of H-pyrrole nitrogens is 1. The Balaban J connectivity index is 1.40. The molecule has 0 aliphatic heterocycles. The van der Waals surface area contributed by atoms with E-state index in [1.54, 1.807) is 29.3 Å². The van der Waals surface area contributed by atoms with E-state index in [0.717, 1.165) is 16.0 Å². The molecule has 0 fully saturated rings. The molecule has 2 aromatic carbocycles. The predicted octanol–water partition coefficient (Wildman–Crippen LogP) is 4.05. The van der Waals surface area contributed by atoms with E-state index in [0.29, 0.717) is 22.3 Å². The maximum absolute atomic E-state index is 12.7. The topological polar surface area (TPSA) is 121 Å². The number of carboxylic acids is 1. The number of aromatic amines is 1. The molecule has 0 spiro atoms. The van der Waals surface area contributed by atoms with E-state index in [1.807, 2.05) is 30.5 Å². The second-order valence-electron chi connectivity index (χ2n) is 7.38. The van der Waals surface area contributed by atoms with E-state index in [1.165, 1.54) is 23.5 Å². The van der Waals surface area contributed by atoms with Crippen LogP contribution in [0.1, 0.15) is 37.7 Å². The Kier molecular flexibility index (Phi) is 7.41. The van der Waals surface area contributed by atoms with Crippen molar-refractivity contribution in [3.63, 3.8) is 0 Å². The van der Waals surface area contributed by atoms with Gasteiger partial charge in [-0.1, -0.05) is 24.3 Å². The summed E-state index contributed by atoms with van der Waals surface area (Å²) in [5.41, 5.74) is 2.26. The van der Waals surface area contributed by atoms with Crippen molar-refractivity contribution in [1.82, 2.24) is 15.3 Å². The third-order valence-corrected chi connectivity index (χ3v) is 6.70. The Morgan fingerprint density at radius 2 is 1.94 bits per heavy atom. The van der Waals surface area contributed by atoms with Crippen molar-refractivity contribution in [2.45, 2.75) is 24.7 Å². The smallest absolute Gasteiger partial charge is 0.335 e.